The van der Waals surface area contributed by atoms with E-state index in [-0.39, 0.29) is 5.75 Å². The molecule has 0 aromatic carbocycles. The molecule has 18 heavy (non-hydrogen) atoms. The van der Waals surface area contributed by atoms with Gasteiger partial charge < -0.3 is 10.1 Å². The predicted octanol–water partition coefficient (Wildman–Crippen LogP) is 2.48. The molecule has 1 aliphatic heterocycles. The first-order chi connectivity index (χ1) is 8.55. The van der Waals surface area contributed by atoms with Gasteiger partial charge in [0.05, 0.1) is 6.61 Å². The van der Waals surface area contributed by atoms with Crippen LogP contribution in [0.3, 0.4) is 0 Å². The van der Waals surface area contributed by atoms with Crippen molar-refractivity contribution >= 4 is 0 Å². The highest BCUT2D eigenvalue weighted by Gasteiger charge is 2.32. The third kappa shape index (κ3) is 3.60. The van der Waals surface area contributed by atoms with E-state index in [2.05, 4.69) is 10.3 Å². The van der Waals surface area contributed by atoms with Crippen molar-refractivity contribution < 1.29 is 17.9 Å². The van der Waals surface area contributed by atoms with Gasteiger partial charge in [0, 0.05) is 12.3 Å². The minimum absolute atomic E-state index is 0.232. The van der Waals surface area contributed by atoms with Crippen LogP contribution in [0, 0.1) is 5.92 Å². The third-order valence-electron chi connectivity index (χ3n) is 2.97. The van der Waals surface area contributed by atoms with E-state index in [4.69, 9.17) is 4.74 Å². The van der Waals surface area contributed by atoms with E-state index in [1.807, 2.05) is 0 Å². The summed E-state index contributed by atoms with van der Waals surface area (Å²) in [6.07, 6.45) is -1.30. The van der Waals surface area contributed by atoms with Crippen LogP contribution in [0.25, 0.3) is 0 Å². The van der Waals surface area contributed by atoms with Gasteiger partial charge in [-0.1, -0.05) is 0 Å². The second kappa shape index (κ2) is 5.56. The van der Waals surface area contributed by atoms with Crippen LogP contribution >= 0.6 is 0 Å². The summed E-state index contributed by atoms with van der Waals surface area (Å²) in [4.78, 5) is 3.29. The van der Waals surface area contributed by atoms with Gasteiger partial charge in [-0.15, -0.1) is 0 Å². The van der Waals surface area contributed by atoms with Crippen LogP contribution in [0.1, 0.15) is 18.5 Å². The second-order valence-electron chi connectivity index (χ2n) is 4.38. The lowest BCUT2D eigenvalue weighted by molar-refractivity contribution is -0.141. The highest BCUT2D eigenvalue weighted by molar-refractivity contribution is 5.24. The normalized spacial score (nSPS) is 17.7. The molecule has 0 amide bonds. The quantitative estimate of drug-likeness (QED) is 0.906. The number of rotatable bonds is 3. The number of alkyl halides is 3. The molecule has 2 heterocycles. The van der Waals surface area contributed by atoms with Gasteiger partial charge in [-0.2, -0.15) is 13.2 Å². The second-order valence-corrected chi connectivity index (χ2v) is 4.38. The third-order valence-corrected chi connectivity index (χ3v) is 2.97. The zero-order chi connectivity index (χ0) is 13.0. The monoisotopic (exact) mass is 260 g/mol. The molecule has 3 nitrogen and oxygen atoms in total. The average molecular weight is 260 g/mol. The number of aromatic nitrogens is 1. The number of hydrogen-bond donors (Lipinski definition) is 1. The van der Waals surface area contributed by atoms with Crippen LogP contribution in [0.5, 0.6) is 5.75 Å². The number of nitrogens with one attached hydrogen (secondary N) is 1. The molecular formula is C12H15F3N2O. The highest BCUT2D eigenvalue weighted by atomic mass is 19.4. The molecule has 0 radical (unpaired) electrons. The number of nitrogens with zero attached hydrogens (tertiary/aromatic N) is 1. The summed E-state index contributed by atoms with van der Waals surface area (Å²) in [6.45, 7) is 2.35. The Hall–Kier alpha value is -1.30. The van der Waals surface area contributed by atoms with Crippen molar-refractivity contribution in [2.45, 2.75) is 19.0 Å². The minimum atomic E-state index is -4.42. The average Bonchev–Trinajstić information content (AvgIpc) is 2.37. The summed E-state index contributed by atoms with van der Waals surface area (Å²) in [7, 11) is 0. The van der Waals surface area contributed by atoms with Gasteiger partial charge >= 0.3 is 6.18 Å². The van der Waals surface area contributed by atoms with Gasteiger partial charge in [0.15, 0.2) is 0 Å². The molecule has 100 valence electrons. The van der Waals surface area contributed by atoms with Crippen molar-refractivity contribution in [3.05, 3.63) is 24.0 Å². The molecule has 1 N–H and O–H groups in total. The van der Waals surface area contributed by atoms with Crippen LogP contribution in [-0.2, 0) is 6.18 Å². The zero-order valence-electron chi connectivity index (χ0n) is 9.83. The van der Waals surface area contributed by atoms with Crippen molar-refractivity contribution in [2.24, 2.45) is 5.92 Å². The summed E-state index contributed by atoms with van der Waals surface area (Å²) < 4.78 is 42.7. The fourth-order valence-electron chi connectivity index (χ4n) is 1.92. The lowest BCUT2D eigenvalue weighted by Crippen LogP contribution is -2.30. The van der Waals surface area contributed by atoms with Gasteiger partial charge in [0.25, 0.3) is 0 Å². The van der Waals surface area contributed by atoms with Crippen LogP contribution < -0.4 is 10.1 Å². The first-order valence-electron chi connectivity index (χ1n) is 5.92. The Balaban J connectivity index is 1.92. The Labute approximate surface area is 103 Å². The smallest absolute Gasteiger partial charge is 0.433 e. The first kappa shape index (κ1) is 13.1. The SMILES string of the molecule is FC(F)(F)c1cc(OCC2CCNCC2)ccn1. The molecule has 0 saturated carbocycles. The van der Waals surface area contributed by atoms with Crippen LogP contribution in [0.15, 0.2) is 18.3 Å². The maximum Gasteiger partial charge on any atom is 0.433 e. The minimum Gasteiger partial charge on any atom is -0.493 e. The molecule has 2 rings (SSSR count). The largest absolute Gasteiger partial charge is 0.493 e. The zero-order valence-corrected chi connectivity index (χ0v) is 9.83. The molecule has 1 aliphatic rings. The molecule has 1 aromatic rings. The van der Waals surface area contributed by atoms with Gasteiger partial charge in [-0.05, 0) is 37.9 Å². The lowest BCUT2D eigenvalue weighted by Gasteiger charge is -2.22. The summed E-state index contributed by atoms with van der Waals surface area (Å²) >= 11 is 0. The van der Waals surface area contributed by atoms with E-state index in [9.17, 15) is 13.2 Å². The highest BCUT2D eigenvalue weighted by Crippen LogP contribution is 2.29. The molecule has 0 unspecified atom stereocenters. The maximum absolute atomic E-state index is 12.4. The van der Waals surface area contributed by atoms with Gasteiger partial charge in [-0.3, -0.25) is 4.98 Å². The van der Waals surface area contributed by atoms with Gasteiger partial charge in [-0.25, -0.2) is 0 Å². The Morgan fingerprint density at radius 3 is 2.72 bits per heavy atom. The van der Waals surface area contributed by atoms with Gasteiger partial charge in [0.2, 0.25) is 0 Å². The van der Waals surface area contributed by atoms with Crippen LogP contribution in [0.2, 0.25) is 0 Å². The Morgan fingerprint density at radius 2 is 2.06 bits per heavy atom. The Morgan fingerprint density at radius 1 is 1.33 bits per heavy atom. The van der Waals surface area contributed by atoms with Crippen molar-refractivity contribution in [3.8, 4) is 5.75 Å². The van der Waals surface area contributed by atoms with Crippen molar-refractivity contribution in [1.29, 1.82) is 0 Å². The van der Waals surface area contributed by atoms with E-state index >= 15 is 0 Å². The van der Waals surface area contributed by atoms with Crippen LogP contribution in [-0.4, -0.2) is 24.7 Å². The van der Waals surface area contributed by atoms with E-state index in [0.29, 0.717) is 12.5 Å². The molecule has 0 atom stereocenters. The molecular weight excluding hydrogens is 245 g/mol. The summed E-state index contributed by atoms with van der Waals surface area (Å²) in [6, 6.07) is 2.40. The number of ether oxygens (including phenoxy) is 1. The molecule has 1 aromatic heterocycles. The number of pyridine rings is 1. The fraction of sp³-hybridized carbons (Fsp3) is 0.583. The molecule has 0 spiro atoms. The van der Waals surface area contributed by atoms with Crippen molar-refractivity contribution in [2.75, 3.05) is 19.7 Å². The van der Waals surface area contributed by atoms with E-state index < -0.39 is 11.9 Å². The molecule has 0 bridgehead atoms. The molecule has 1 saturated heterocycles. The van der Waals surface area contributed by atoms with Crippen LogP contribution in [0.4, 0.5) is 13.2 Å². The van der Waals surface area contributed by atoms with E-state index in [1.165, 1.54) is 6.07 Å². The molecule has 1 fully saturated rings. The predicted molar refractivity (Wildman–Crippen MR) is 60.3 cm³/mol. The van der Waals surface area contributed by atoms with E-state index in [1.54, 1.807) is 0 Å². The maximum atomic E-state index is 12.4. The molecule has 6 heteroatoms. The summed E-state index contributed by atoms with van der Waals surface area (Å²) in [5, 5.41) is 3.23. The first-order valence-corrected chi connectivity index (χ1v) is 5.92. The molecule has 0 aliphatic carbocycles. The summed E-state index contributed by atoms with van der Waals surface area (Å²) in [5.74, 6) is 0.643. The number of piperidine rings is 1. The van der Waals surface area contributed by atoms with Crippen molar-refractivity contribution in [1.82, 2.24) is 10.3 Å². The fourth-order valence-corrected chi connectivity index (χ4v) is 1.92. The van der Waals surface area contributed by atoms with E-state index in [0.717, 1.165) is 38.2 Å². The number of hydrogen-bond acceptors (Lipinski definition) is 3. The standard InChI is InChI=1S/C12H15F3N2O/c13-12(14,15)11-7-10(3-6-17-11)18-8-9-1-4-16-5-2-9/h3,6-7,9,16H,1-2,4-5,8H2. The topological polar surface area (TPSA) is 34.1 Å². The lowest BCUT2D eigenvalue weighted by atomic mass is 9.99. The van der Waals surface area contributed by atoms with Gasteiger partial charge in [0.1, 0.15) is 11.4 Å². The summed E-state index contributed by atoms with van der Waals surface area (Å²) in [5.41, 5.74) is -0.912. The number of halogens is 3. The Kier molecular flexibility index (Phi) is 4.06. The van der Waals surface area contributed by atoms with Crippen molar-refractivity contribution in [3.63, 3.8) is 0 Å². The Bertz CT molecular complexity index is 389.